The molecule has 0 saturated heterocycles. The molecule has 0 aromatic heterocycles. The Kier molecular flexibility index (Phi) is 4.83. The first-order chi connectivity index (χ1) is 4.35. The summed E-state index contributed by atoms with van der Waals surface area (Å²) >= 11 is 0. The molecular formula is C8H12O. The number of rotatable bonds is 3. The van der Waals surface area contributed by atoms with Gasteiger partial charge in [-0.25, -0.2) is 0 Å². The van der Waals surface area contributed by atoms with E-state index in [4.69, 9.17) is 5.11 Å². The van der Waals surface area contributed by atoms with Crippen LogP contribution in [0.1, 0.15) is 6.92 Å². The lowest BCUT2D eigenvalue weighted by Crippen LogP contribution is -1.82. The number of aliphatic hydroxyl groups is 1. The molecule has 9 heavy (non-hydrogen) atoms. The molecule has 1 heteroatoms. The van der Waals surface area contributed by atoms with E-state index in [1.54, 1.807) is 6.08 Å². The van der Waals surface area contributed by atoms with Gasteiger partial charge in [0.05, 0.1) is 6.61 Å². The Bertz CT molecular complexity index is 132. The van der Waals surface area contributed by atoms with Crippen molar-refractivity contribution in [3.63, 3.8) is 0 Å². The zero-order chi connectivity index (χ0) is 7.11. The monoisotopic (exact) mass is 124 g/mol. The first-order valence-electron chi connectivity index (χ1n) is 2.90. The van der Waals surface area contributed by atoms with Gasteiger partial charge in [0, 0.05) is 0 Å². The number of aliphatic hydroxyl groups excluding tert-OH is 1. The van der Waals surface area contributed by atoms with E-state index in [1.165, 1.54) is 0 Å². The van der Waals surface area contributed by atoms with Gasteiger partial charge in [-0.15, -0.1) is 0 Å². The smallest absolute Gasteiger partial charge is 0.0681 e. The van der Waals surface area contributed by atoms with E-state index in [2.05, 4.69) is 6.58 Å². The number of allylic oxidation sites excluding steroid dienone is 3. The summed E-state index contributed by atoms with van der Waals surface area (Å²) in [7, 11) is 0. The highest BCUT2D eigenvalue weighted by molar-refractivity contribution is 5.21. The molecule has 1 N–H and O–H groups in total. The third-order valence-corrected chi connectivity index (χ3v) is 0.948. The van der Waals surface area contributed by atoms with Crippen molar-refractivity contribution in [3.8, 4) is 0 Å². The molecule has 1 nitrogen and oxygen atoms in total. The van der Waals surface area contributed by atoms with Gasteiger partial charge in [0.15, 0.2) is 0 Å². The molecule has 0 heterocycles. The Morgan fingerprint density at radius 3 is 2.67 bits per heavy atom. The van der Waals surface area contributed by atoms with Gasteiger partial charge < -0.3 is 5.11 Å². The molecule has 0 amide bonds. The quantitative estimate of drug-likeness (QED) is 0.567. The fraction of sp³-hybridized carbons (Fsp3) is 0.250. The van der Waals surface area contributed by atoms with Crippen molar-refractivity contribution in [1.29, 1.82) is 0 Å². The average Bonchev–Trinajstić information content (AvgIpc) is 1.91. The maximum atomic E-state index is 8.58. The second-order valence-electron chi connectivity index (χ2n) is 1.63. The Labute approximate surface area is 56.0 Å². The van der Waals surface area contributed by atoms with E-state index >= 15 is 0 Å². The first kappa shape index (κ1) is 8.18. The van der Waals surface area contributed by atoms with Crippen LogP contribution in [-0.2, 0) is 0 Å². The molecule has 50 valence electrons. The van der Waals surface area contributed by atoms with E-state index in [1.807, 2.05) is 25.2 Å². The molecule has 0 aromatic carbocycles. The predicted octanol–water partition coefficient (Wildman–Crippen LogP) is 1.67. The molecule has 0 fully saturated rings. The van der Waals surface area contributed by atoms with Crippen LogP contribution >= 0.6 is 0 Å². The molecular weight excluding hydrogens is 112 g/mol. The molecule has 0 saturated carbocycles. The van der Waals surface area contributed by atoms with Crippen LogP contribution in [0.4, 0.5) is 0 Å². The van der Waals surface area contributed by atoms with Crippen LogP contribution in [0.15, 0.2) is 36.5 Å². The third-order valence-electron chi connectivity index (χ3n) is 0.948. The molecule has 0 rings (SSSR count). The Morgan fingerprint density at radius 1 is 1.67 bits per heavy atom. The molecule has 0 aromatic rings. The van der Waals surface area contributed by atoms with Gasteiger partial charge >= 0.3 is 0 Å². The topological polar surface area (TPSA) is 20.2 Å². The summed E-state index contributed by atoms with van der Waals surface area (Å²) in [5.74, 6) is 0. The first-order valence-corrected chi connectivity index (χ1v) is 2.90. The SMILES string of the molecule is C=CC(=CC=CC)CO. The second-order valence-corrected chi connectivity index (χ2v) is 1.63. The molecule has 0 aliphatic rings. The molecule has 0 aliphatic heterocycles. The van der Waals surface area contributed by atoms with Crippen LogP contribution < -0.4 is 0 Å². The zero-order valence-corrected chi connectivity index (χ0v) is 5.67. The van der Waals surface area contributed by atoms with Gasteiger partial charge in [-0.3, -0.25) is 0 Å². The van der Waals surface area contributed by atoms with Crippen LogP contribution in [0.25, 0.3) is 0 Å². The lowest BCUT2D eigenvalue weighted by Gasteiger charge is -1.89. The number of hydrogen-bond acceptors (Lipinski definition) is 1. The minimum atomic E-state index is 0.0633. The van der Waals surface area contributed by atoms with Crippen molar-refractivity contribution in [3.05, 3.63) is 36.5 Å². The molecule has 0 bridgehead atoms. The van der Waals surface area contributed by atoms with Gasteiger partial charge in [-0.05, 0) is 12.5 Å². The van der Waals surface area contributed by atoms with Gasteiger partial charge in [0.2, 0.25) is 0 Å². The molecule has 0 atom stereocenters. The Balaban J connectivity index is 3.90. The fourth-order valence-electron chi connectivity index (χ4n) is 0.405. The minimum absolute atomic E-state index is 0.0633. The summed E-state index contributed by atoms with van der Waals surface area (Å²) in [5, 5.41) is 8.58. The number of hydrogen-bond donors (Lipinski definition) is 1. The van der Waals surface area contributed by atoms with Gasteiger partial charge in [-0.2, -0.15) is 0 Å². The van der Waals surface area contributed by atoms with E-state index in [0.717, 1.165) is 5.57 Å². The van der Waals surface area contributed by atoms with E-state index in [0.29, 0.717) is 0 Å². The maximum absolute atomic E-state index is 8.58. The maximum Gasteiger partial charge on any atom is 0.0681 e. The molecule has 0 aliphatic carbocycles. The van der Waals surface area contributed by atoms with E-state index in [9.17, 15) is 0 Å². The third kappa shape index (κ3) is 3.74. The minimum Gasteiger partial charge on any atom is -0.392 e. The van der Waals surface area contributed by atoms with Crippen molar-refractivity contribution in [2.45, 2.75) is 6.92 Å². The normalized spacial score (nSPS) is 12.4. The van der Waals surface area contributed by atoms with Crippen LogP contribution in [0.5, 0.6) is 0 Å². The summed E-state index contributed by atoms with van der Waals surface area (Å²) in [6, 6.07) is 0. The Morgan fingerprint density at radius 2 is 2.33 bits per heavy atom. The summed E-state index contributed by atoms with van der Waals surface area (Å²) in [6.07, 6.45) is 7.24. The fourth-order valence-corrected chi connectivity index (χ4v) is 0.405. The van der Waals surface area contributed by atoms with Crippen LogP contribution in [-0.4, -0.2) is 11.7 Å². The van der Waals surface area contributed by atoms with Gasteiger partial charge in [0.25, 0.3) is 0 Å². The highest BCUT2D eigenvalue weighted by Gasteiger charge is 1.81. The lowest BCUT2D eigenvalue weighted by atomic mass is 10.2. The molecule has 0 spiro atoms. The molecule has 0 unspecified atom stereocenters. The zero-order valence-electron chi connectivity index (χ0n) is 5.67. The largest absolute Gasteiger partial charge is 0.392 e. The second kappa shape index (κ2) is 5.32. The van der Waals surface area contributed by atoms with Crippen molar-refractivity contribution in [2.75, 3.05) is 6.61 Å². The van der Waals surface area contributed by atoms with Crippen molar-refractivity contribution in [2.24, 2.45) is 0 Å². The van der Waals surface area contributed by atoms with Crippen molar-refractivity contribution >= 4 is 0 Å². The van der Waals surface area contributed by atoms with Gasteiger partial charge in [-0.1, -0.05) is 30.9 Å². The van der Waals surface area contributed by atoms with E-state index < -0.39 is 0 Å². The lowest BCUT2D eigenvalue weighted by molar-refractivity contribution is 0.335. The average molecular weight is 124 g/mol. The van der Waals surface area contributed by atoms with E-state index in [-0.39, 0.29) is 6.61 Å². The summed E-state index contributed by atoms with van der Waals surface area (Å²) in [5.41, 5.74) is 0.841. The highest BCUT2D eigenvalue weighted by atomic mass is 16.3. The standard InChI is InChI=1S/C8H12O/c1-3-5-6-8(4-2)7-9/h3-6,9H,2,7H2,1H3. The van der Waals surface area contributed by atoms with Gasteiger partial charge in [0.1, 0.15) is 0 Å². The highest BCUT2D eigenvalue weighted by Crippen LogP contribution is 1.92. The van der Waals surface area contributed by atoms with Crippen LogP contribution in [0.2, 0.25) is 0 Å². The summed E-state index contributed by atoms with van der Waals surface area (Å²) < 4.78 is 0. The summed E-state index contributed by atoms with van der Waals surface area (Å²) in [4.78, 5) is 0. The molecule has 0 radical (unpaired) electrons. The predicted molar refractivity (Wildman–Crippen MR) is 40.2 cm³/mol. The van der Waals surface area contributed by atoms with Crippen LogP contribution in [0, 0.1) is 0 Å². The summed E-state index contributed by atoms with van der Waals surface area (Å²) in [6.45, 7) is 5.51. The van der Waals surface area contributed by atoms with Crippen molar-refractivity contribution < 1.29 is 5.11 Å². The van der Waals surface area contributed by atoms with Crippen molar-refractivity contribution in [1.82, 2.24) is 0 Å². The van der Waals surface area contributed by atoms with Crippen LogP contribution in [0.3, 0.4) is 0 Å². The Hall–Kier alpha value is -0.820.